The molecule has 26 heavy (non-hydrogen) atoms. The first-order valence-electron chi connectivity index (χ1n) is 9.41. The van der Waals surface area contributed by atoms with Gasteiger partial charge in [0.05, 0.1) is 5.69 Å². The number of hydrogen-bond acceptors (Lipinski definition) is 6. The smallest absolute Gasteiger partial charge is 0.0601 e. The molecule has 0 saturated heterocycles. The highest BCUT2D eigenvalue weighted by Gasteiger charge is 2.25. The summed E-state index contributed by atoms with van der Waals surface area (Å²) in [4.78, 5) is 11.5. The van der Waals surface area contributed by atoms with Crippen LogP contribution in [-0.2, 0) is 32.2 Å². The molecule has 0 radical (unpaired) electrons. The van der Waals surface area contributed by atoms with Gasteiger partial charge in [0.25, 0.3) is 0 Å². The van der Waals surface area contributed by atoms with Gasteiger partial charge in [0.2, 0.25) is 0 Å². The lowest BCUT2D eigenvalue weighted by atomic mass is 10.1. The average Bonchev–Trinajstić information content (AvgIpc) is 3.27. The Balaban J connectivity index is 1.34. The number of nitrogens with one attached hydrogen (secondary N) is 3. The van der Waals surface area contributed by atoms with Crippen LogP contribution in [-0.4, -0.2) is 24.0 Å². The van der Waals surface area contributed by atoms with Crippen molar-refractivity contribution in [3.8, 4) is 0 Å². The highest BCUT2D eigenvalue weighted by Crippen LogP contribution is 2.36. The predicted molar refractivity (Wildman–Crippen MR) is 108 cm³/mol. The lowest BCUT2D eigenvalue weighted by Gasteiger charge is -2.17. The Morgan fingerprint density at radius 1 is 0.962 bits per heavy atom. The van der Waals surface area contributed by atoms with Crippen LogP contribution in [0.25, 0.3) is 0 Å². The molecule has 1 aromatic heterocycles. The molecule has 0 unspecified atom stereocenters. The van der Waals surface area contributed by atoms with E-state index < -0.39 is 0 Å². The topological polar surface area (TPSA) is 52.2 Å². The van der Waals surface area contributed by atoms with Crippen LogP contribution in [0.15, 0.2) is 29.2 Å². The first-order valence-corrected chi connectivity index (χ1v) is 10.2. The Hall–Kier alpha value is -1.60. The number of pyridine rings is 1. The number of hydrogen-bond donors (Lipinski definition) is 3. The molecule has 0 bridgehead atoms. The van der Waals surface area contributed by atoms with E-state index >= 15 is 0 Å². The molecule has 3 N–H and O–H groups in total. The third-order valence-electron chi connectivity index (χ3n) is 5.08. The van der Waals surface area contributed by atoms with E-state index in [0.29, 0.717) is 0 Å². The van der Waals surface area contributed by atoms with Gasteiger partial charge in [-0.05, 0) is 93.4 Å². The number of hydrazine groups is 2. The Labute approximate surface area is 160 Å². The quantitative estimate of drug-likeness (QED) is 0.396. The fraction of sp³-hybridized carbons (Fsp3) is 0.450. The SMILES string of the molecule is CN(C)Cc1ccc(SNNNc2c3c(nc4c2CCC4)CCC3)cc1. The standard InChI is InChI=1S/C20H27N5S/c1-25(2)13-14-9-11-15(12-10-14)26-24-23-22-20-16-5-3-7-18(16)21-19-8-4-6-17(19)20/h9-12,23-24H,3-8,13H2,1-2H3,(H,21,22). The van der Waals surface area contributed by atoms with Crippen LogP contribution in [0.3, 0.4) is 0 Å². The van der Waals surface area contributed by atoms with E-state index in [4.69, 9.17) is 4.98 Å². The second-order valence-electron chi connectivity index (χ2n) is 7.38. The monoisotopic (exact) mass is 369 g/mol. The molecule has 0 atom stereocenters. The zero-order chi connectivity index (χ0) is 17.9. The van der Waals surface area contributed by atoms with Crippen molar-refractivity contribution in [3.05, 3.63) is 52.3 Å². The molecular formula is C20H27N5S. The molecule has 0 aliphatic heterocycles. The zero-order valence-corrected chi connectivity index (χ0v) is 16.4. The van der Waals surface area contributed by atoms with Gasteiger partial charge < -0.3 is 10.3 Å². The maximum absolute atomic E-state index is 4.90. The van der Waals surface area contributed by atoms with Crippen molar-refractivity contribution in [2.45, 2.75) is 50.0 Å². The van der Waals surface area contributed by atoms with E-state index in [2.05, 4.69) is 59.1 Å². The molecular weight excluding hydrogens is 342 g/mol. The first kappa shape index (κ1) is 17.8. The van der Waals surface area contributed by atoms with E-state index in [1.54, 1.807) is 11.9 Å². The van der Waals surface area contributed by atoms with E-state index in [0.717, 1.165) is 32.2 Å². The highest BCUT2D eigenvalue weighted by molar-refractivity contribution is 7.97. The molecule has 6 heteroatoms. The molecule has 2 aliphatic rings. The zero-order valence-electron chi connectivity index (χ0n) is 15.6. The number of aromatic nitrogens is 1. The van der Waals surface area contributed by atoms with Gasteiger partial charge in [-0.25, -0.2) is 0 Å². The number of benzene rings is 1. The van der Waals surface area contributed by atoms with Crippen molar-refractivity contribution in [1.82, 2.24) is 20.2 Å². The molecule has 0 spiro atoms. The summed E-state index contributed by atoms with van der Waals surface area (Å²) < 4.78 is 0. The predicted octanol–water partition coefficient (Wildman–Crippen LogP) is 3.25. The summed E-state index contributed by atoms with van der Waals surface area (Å²) in [7, 11) is 4.18. The summed E-state index contributed by atoms with van der Waals surface area (Å²) in [6, 6.07) is 8.67. The van der Waals surface area contributed by atoms with Crippen LogP contribution < -0.4 is 15.8 Å². The molecule has 4 rings (SSSR count). The second-order valence-corrected chi connectivity index (χ2v) is 8.26. The van der Waals surface area contributed by atoms with Crippen LogP contribution in [0.4, 0.5) is 5.69 Å². The normalized spacial score (nSPS) is 15.3. The molecule has 138 valence electrons. The summed E-state index contributed by atoms with van der Waals surface area (Å²) in [5, 5.41) is 0. The van der Waals surface area contributed by atoms with E-state index in [-0.39, 0.29) is 0 Å². The average molecular weight is 370 g/mol. The molecule has 1 heterocycles. The number of aryl methyl sites for hydroxylation is 2. The Bertz CT molecular complexity index is 741. The largest absolute Gasteiger partial charge is 0.307 e. The van der Waals surface area contributed by atoms with Gasteiger partial charge >= 0.3 is 0 Å². The van der Waals surface area contributed by atoms with Gasteiger partial charge in [-0.15, -0.1) is 0 Å². The van der Waals surface area contributed by atoms with E-state index in [1.807, 2.05) is 0 Å². The van der Waals surface area contributed by atoms with Crippen LogP contribution in [0.1, 0.15) is 40.9 Å². The number of anilines is 1. The fourth-order valence-electron chi connectivity index (χ4n) is 3.94. The maximum Gasteiger partial charge on any atom is 0.0601 e. The summed E-state index contributed by atoms with van der Waals surface area (Å²) >= 11 is 1.58. The minimum atomic E-state index is 0.969. The molecule has 2 aliphatic carbocycles. The Morgan fingerprint density at radius 2 is 1.62 bits per heavy atom. The lowest BCUT2D eigenvalue weighted by Crippen LogP contribution is -2.32. The minimum Gasteiger partial charge on any atom is -0.307 e. The van der Waals surface area contributed by atoms with E-state index in [9.17, 15) is 0 Å². The van der Waals surface area contributed by atoms with Crippen molar-refractivity contribution in [2.75, 3.05) is 19.5 Å². The lowest BCUT2D eigenvalue weighted by molar-refractivity contribution is 0.402. The summed E-state index contributed by atoms with van der Waals surface area (Å²) in [6.07, 6.45) is 6.97. The molecule has 0 amide bonds. The number of fused-ring (bicyclic) bond motifs is 2. The molecule has 0 saturated carbocycles. The molecule has 2 aromatic rings. The third-order valence-corrected chi connectivity index (χ3v) is 5.79. The highest BCUT2D eigenvalue weighted by atomic mass is 32.2. The van der Waals surface area contributed by atoms with Gasteiger partial charge in [-0.2, -0.15) is 10.4 Å². The van der Waals surface area contributed by atoms with Crippen LogP contribution >= 0.6 is 11.9 Å². The Morgan fingerprint density at radius 3 is 2.23 bits per heavy atom. The van der Waals surface area contributed by atoms with Crippen molar-refractivity contribution < 1.29 is 0 Å². The van der Waals surface area contributed by atoms with Gasteiger partial charge in [-0.3, -0.25) is 4.98 Å². The Kier molecular flexibility index (Phi) is 5.45. The summed E-state index contributed by atoms with van der Waals surface area (Å²) in [5.74, 6) is 0. The van der Waals surface area contributed by atoms with E-state index in [1.165, 1.54) is 51.5 Å². The van der Waals surface area contributed by atoms with Crippen LogP contribution in [0.5, 0.6) is 0 Å². The van der Waals surface area contributed by atoms with Crippen molar-refractivity contribution in [2.24, 2.45) is 0 Å². The number of nitrogens with zero attached hydrogens (tertiary/aromatic N) is 2. The number of rotatable bonds is 7. The second kappa shape index (κ2) is 7.96. The molecule has 1 aromatic carbocycles. The van der Waals surface area contributed by atoms with Crippen LogP contribution in [0.2, 0.25) is 0 Å². The van der Waals surface area contributed by atoms with Crippen molar-refractivity contribution in [3.63, 3.8) is 0 Å². The van der Waals surface area contributed by atoms with Gasteiger partial charge in [-0.1, -0.05) is 12.1 Å². The van der Waals surface area contributed by atoms with Gasteiger partial charge in [0, 0.05) is 22.8 Å². The first-order chi connectivity index (χ1) is 12.7. The fourth-order valence-corrected chi connectivity index (χ4v) is 4.43. The summed E-state index contributed by atoms with van der Waals surface area (Å²) in [5.41, 5.74) is 14.6. The molecule has 0 fully saturated rings. The van der Waals surface area contributed by atoms with Crippen LogP contribution in [0, 0.1) is 0 Å². The summed E-state index contributed by atoms with van der Waals surface area (Å²) in [6.45, 7) is 0.969. The minimum absolute atomic E-state index is 0.969. The molecule has 5 nitrogen and oxygen atoms in total. The van der Waals surface area contributed by atoms with Gasteiger partial charge in [0.15, 0.2) is 0 Å². The van der Waals surface area contributed by atoms with Crippen molar-refractivity contribution >= 4 is 17.6 Å². The van der Waals surface area contributed by atoms with Gasteiger partial charge in [0.1, 0.15) is 0 Å². The third kappa shape index (κ3) is 3.88. The van der Waals surface area contributed by atoms with Crippen molar-refractivity contribution in [1.29, 1.82) is 0 Å². The maximum atomic E-state index is 4.90.